The zero-order chi connectivity index (χ0) is 16.9. The minimum atomic E-state index is -0.437. The van der Waals surface area contributed by atoms with Crippen LogP contribution in [0, 0.1) is 11.3 Å². The molecular weight excluding hydrogens is 304 g/mol. The highest BCUT2D eigenvalue weighted by Crippen LogP contribution is 2.22. The largest absolute Gasteiger partial charge is 0.457 e. The third kappa shape index (κ3) is 3.44. The maximum absolute atomic E-state index is 12.2. The van der Waals surface area contributed by atoms with Gasteiger partial charge < -0.3 is 9.64 Å². The van der Waals surface area contributed by atoms with Crippen LogP contribution in [-0.4, -0.2) is 18.4 Å². The van der Waals surface area contributed by atoms with Crippen molar-refractivity contribution in [2.75, 3.05) is 11.4 Å². The fourth-order valence-electron chi connectivity index (χ4n) is 2.63. The second-order valence-corrected chi connectivity index (χ2v) is 5.58. The molecule has 0 saturated carbocycles. The molecule has 0 radical (unpaired) electrons. The standard InChI is InChI=1S/C19H16N2O3/c20-12-14-6-8-15(9-7-14)13-24-19(23)16-3-1-4-17(11-16)21-10-2-5-18(21)22/h1,3-4,6-9,11H,2,5,10,13H2. The van der Waals surface area contributed by atoms with Gasteiger partial charge in [-0.25, -0.2) is 4.79 Å². The van der Waals surface area contributed by atoms with E-state index in [-0.39, 0.29) is 12.5 Å². The van der Waals surface area contributed by atoms with Gasteiger partial charge in [0.25, 0.3) is 0 Å². The number of rotatable bonds is 4. The molecule has 5 heteroatoms. The van der Waals surface area contributed by atoms with Gasteiger partial charge in [0.05, 0.1) is 17.2 Å². The van der Waals surface area contributed by atoms with E-state index in [4.69, 9.17) is 10.00 Å². The van der Waals surface area contributed by atoms with Gasteiger partial charge in [0, 0.05) is 18.7 Å². The summed E-state index contributed by atoms with van der Waals surface area (Å²) in [5, 5.41) is 8.77. The van der Waals surface area contributed by atoms with Gasteiger partial charge in [-0.05, 0) is 42.3 Å². The van der Waals surface area contributed by atoms with Crippen LogP contribution in [0.15, 0.2) is 48.5 Å². The Labute approximate surface area is 140 Å². The maximum atomic E-state index is 12.2. The highest BCUT2D eigenvalue weighted by Gasteiger charge is 2.22. The quantitative estimate of drug-likeness (QED) is 0.812. The third-order valence-electron chi connectivity index (χ3n) is 3.92. The number of hydrogen-bond acceptors (Lipinski definition) is 4. The highest BCUT2D eigenvalue weighted by molar-refractivity contribution is 5.97. The number of esters is 1. The number of hydrogen-bond donors (Lipinski definition) is 0. The van der Waals surface area contributed by atoms with Gasteiger partial charge in [0.1, 0.15) is 6.61 Å². The number of amides is 1. The molecule has 2 aromatic rings. The normalized spacial score (nSPS) is 13.6. The first-order valence-corrected chi connectivity index (χ1v) is 7.74. The van der Waals surface area contributed by atoms with E-state index in [9.17, 15) is 9.59 Å². The van der Waals surface area contributed by atoms with Crippen molar-refractivity contribution in [2.45, 2.75) is 19.4 Å². The molecule has 24 heavy (non-hydrogen) atoms. The molecule has 1 aliphatic heterocycles. The van der Waals surface area contributed by atoms with Crippen LogP contribution in [0.3, 0.4) is 0 Å². The Morgan fingerprint density at radius 2 is 2.00 bits per heavy atom. The molecule has 1 saturated heterocycles. The molecule has 0 N–H and O–H groups in total. The number of benzene rings is 2. The first-order valence-electron chi connectivity index (χ1n) is 7.74. The predicted octanol–water partition coefficient (Wildman–Crippen LogP) is 3.04. The molecular formula is C19H16N2O3. The molecule has 0 atom stereocenters. The number of nitriles is 1. The number of carbonyl (C=O) groups excluding carboxylic acids is 2. The summed E-state index contributed by atoms with van der Waals surface area (Å²) in [5.41, 5.74) is 2.52. The lowest BCUT2D eigenvalue weighted by Crippen LogP contribution is -2.23. The lowest BCUT2D eigenvalue weighted by atomic mass is 10.1. The minimum absolute atomic E-state index is 0.0816. The Kier molecular flexibility index (Phi) is 4.57. The van der Waals surface area contributed by atoms with Crippen molar-refractivity contribution in [1.29, 1.82) is 5.26 Å². The van der Waals surface area contributed by atoms with Gasteiger partial charge in [0.15, 0.2) is 0 Å². The Bertz CT molecular complexity index is 806. The highest BCUT2D eigenvalue weighted by atomic mass is 16.5. The molecule has 1 amide bonds. The Hall–Kier alpha value is -3.13. The lowest BCUT2D eigenvalue weighted by molar-refractivity contribution is -0.117. The van der Waals surface area contributed by atoms with Crippen LogP contribution in [-0.2, 0) is 16.1 Å². The molecule has 0 spiro atoms. The molecule has 0 aliphatic carbocycles. The van der Waals surface area contributed by atoms with Crippen molar-refractivity contribution in [2.24, 2.45) is 0 Å². The number of nitrogens with zero attached hydrogens (tertiary/aromatic N) is 2. The van der Waals surface area contributed by atoms with Gasteiger partial charge in [-0.3, -0.25) is 4.79 Å². The first kappa shape index (κ1) is 15.8. The van der Waals surface area contributed by atoms with Gasteiger partial charge in [-0.2, -0.15) is 5.26 Å². The molecule has 5 nitrogen and oxygen atoms in total. The topological polar surface area (TPSA) is 70.4 Å². The van der Waals surface area contributed by atoms with Gasteiger partial charge in [-0.1, -0.05) is 18.2 Å². The van der Waals surface area contributed by atoms with Crippen molar-refractivity contribution >= 4 is 17.6 Å². The monoisotopic (exact) mass is 320 g/mol. The Morgan fingerprint density at radius 3 is 2.67 bits per heavy atom. The Morgan fingerprint density at radius 1 is 1.21 bits per heavy atom. The predicted molar refractivity (Wildman–Crippen MR) is 88.3 cm³/mol. The van der Waals surface area contributed by atoms with Crippen molar-refractivity contribution < 1.29 is 14.3 Å². The molecule has 1 fully saturated rings. The average molecular weight is 320 g/mol. The van der Waals surface area contributed by atoms with Crippen LogP contribution in [0.4, 0.5) is 5.69 Å². The summed E-state index contributed by atoms with van der Waals surface area (Å²) in [4.78, 5) is 25.7. The third-order valence-corrected chi connectivity index (χ3v) is 3.92. The smallest absolute Gasteiger partial charge is 0.338 e. The zero-order valence-electron chi connectivity index (χ0n) is 13.1. The molecule has 0 aromatic heterocycles. The van der Waals surface area contributed by atoms with Crippen LogP contribution >= 0.6 is 0 Å². The first-order chi connectivity index (χ1) is 11.7. The summed E-state index contributed by atoms with van der Waals surface area (Å²) in [7, 11) is 0. The van der Waals surface area contributed by atoms with E-state index in [0.29, 0.717) is 24.1 Å². The summed E-state index contributed by atoms with van der Waals surface area (Å²) >= 11 is 0. The van der Waals surface area contributed by atoms with Crippen molar-refractivity contribution in [3.05, 3.63) is 65.2 Å². The molecule has 120 valence electrons. The van der Waals surface area contributed by atoms with Crippen molar-refractivity contribution in [3.8, 4) is 6.07 Å². The number of carbonyl (C=O) groups is 2. The van der Waals surface area contributed by atoms with Gasteiger partial charge in [0.2, 0.25) is 5.91 Å². The SMILES string of the molecule is N#Cc1ccc(COC(=O)c2cccc(N3CCCC3=O)c2)cc1. The molecule has 0 bridgehead atoms. The molecule has 2 aromatic carbocycles. The zero-order valence-corrected chi connectivity index (χ0v) is 13.1. The Balaban J connectivity index is 1.66. The second-order valence-electron chi connectivity index (χ2n) is 5.58. The minimum Gasteiger partial charge on any atom is -0.457 e. The molecule has 3 rings (SSSR count). The molecule has 1 aliphatic rings. The van der Waals surface area contributed by atoms with Crippen LogP contribution in [0.2, 0.25) is 0 Å². The van der Waals surface area contributed by atoms with E-state index in [2.05, 4.69) is 0 Å². The fraction of sp³-hybridized carbons (Fsp3) is 0.211. The van der Waals surface area contributed by atoms with Gasteiger partial charge >= 0.3 is 5.97 Å². The van der Waals surface area contributed by atoms with Crippen LogP contribution in [0.1, 0.15) is 34.3 Å². The van der Waals surface area contributed by atoms with E-state index in [0.717, 1.165) is 17.7 Å². The van der Waals surface area contributed by atoms with E-state index in [1.807, 2.05) is 12.1 Å². The molecule has 1 heterocycles. The van der Waals surface area contributed by atoms with Gasteiger partial charge in [-0.15, -0.1) is 0 Å². The summed E-state index contributed by atoms with van der Waals surface area (Å²) in [5.74, 6) is -0.356. The summed E-state index contributed by atoms with van der Waals surface area (Å²) in [6.07, 6.45) is 1.39. The summed E-state index contributed by atoms with van der Waals surface area (Å²) in [6, 6.07) is 15.8. The van der Waals surface area contributed by atoms with E-state index < -0.39 is 5.97 Å². The van der Waals surface area contributed by atoms with Crippen molar-refractivity contribution in [1.82, 2.24) is 0 Å². The number of ether oxygens (including phenoxy) is 1. The molecule has 0 unspecified atom stereocenters. The maximum Gasteiger partial charge on any atom is 0.338 e. The number of anilines is 1. The lowest BCUT2D eigenvalue weighted by Gasteiger charge is -2.16. The van der Waals surface area contributed by atoms with Crippen molar-refractivity contribution in [3.63, 3.8) is 0 Å². The van der Waals surface area contributed by atoms with Crippen LogP contribution in [0.25, 0.3) is 0 Å². The van der Waals surface area contributed by atoms with Crippen LogP contribution in [0.5, 0.6) is 0 Å². The van der Waals surface area contributed by atoms with E-state index in [1.165, 1.54) is 0 Å². The van der Waals surface area contributed by atoms with Crippen LogP contribution < -0.4 is 4.90 Å². The summed E-state index contributed by atoms with van der Waals surface area (Å²) in [6.45, 7) is 0.819. The van der Waals surface area contributed by atoms with E-state index >= 15 is 0 Å². The summed E-state index contributed by atoms with van der Waals surface area (Å²) < 4.78 is 5.31. The van der Waals surface area contributed by atoms with E-state index in [1.54, 1.807) is 47.4 Å². The second kappa shape index (κ2) is 6.97. The average Bonchev–Trinajstić information content (AvgIpc) is 3.06. The fourth-order valence-corrected chi connectivity index (χ4v) is 2.63.